The minimum atomic E-state index is -0.534. The number of ether oxygens (including phenoxy) is 1. The molecule has 2 aromatic rings. The van der Waals surface area contributed by atoms with Crippen LogP contribution in [0.4, 0.5) is 0 Å². The molecule has 1 aromatic carbocycles. The number of hydrogen-bond donors (Lipinski definition) is 0. The van der Waals surface area contributed by atoms with E-state index in [4.69, 9.17) is 4.74 Å². The van der Waals surface area contributed by atoms with E-state index in [2.05, 4.69) is 17.2 Å². The van der Waals surface area contributed by atoms with Gasteiger partial charge in [-0.25, -0.2) is 4.79 Å². The van der Waals surface area contributed by atoms with E-state index in [0.29, 0.717) is 0 Å². The van der Waals surface area contributed by atoms with Crippen LogP contribution in [0.5, 0.6) is 0 Å². The second kappa shape index (κ2) is 8.42. The van der Waals surface area contributed by atoms with Gasteiger partial charge in [-0.3, -0.25) is 9.48 Å². The highest BCUT2D eigenvalue weighted by molar-refractivity contribution is 5.89. The molecule has 0 saturated carbocycles. The quantitative estimate of drug-likeness (QED) is 0.590. The molecular weight excluding hydrogens is 354 g/mol. The highest BCUT2D eigenvalue weighted by Crippen LogP contribution is 2.33. The van der Waals surface area contributed by atoms with Crippen molar-refractivity contribution >= 4 is 18.0 Å². The van der Waals surface area contributed by atoms with E-state index in [1.807, 2.05) is 33.0 Å². The molecule has 3 rings (SSSR count). The van der Waals surface area contributed by atoms with Gasteiger partial charge in [0.1, 0.15) is 0 Å². The number of hydrogen-bond acceptors (Lipinski definition) is 4. The summed E-state index contributed by atoms with van der Waals surface area (Å²) < 4.78 is 6.93. The highest BCUT2D eigenvalue weighted by atomic mass is 16.5. The van der Waals surface area contributed by atoms with E-state index < -0.39 is 5.97 Å². The van der Waals surface area contributed by atoms with Crippen LogP contribution in [-0.2, 0) is 27.8 Å². The third kappa shape index (κ3) is 4.16. The van der Waals surface area contributed by atoms with E-state index in [9.17, 15) is 9.59 Å². The van der Waals surface area contributed by atoms with Gasteiger partial charge in [0, 0.05) is 31.4 Å². The molecule has 0 unspecified atom stereocenters. The molecule has 1 aliphatic rings. The number of benzene rings is 1. The maximum absolute atomic E-state index is 12.6. The van der Waals surface area contributed by atoms with Gasteiger partial charge in [-0.15, -0.1) is 0 Å². The standard InChI is InChI=1S/C22H27N3O3/c1-15-18(16(2)25(4)23-15)12-13-22(27)28-14-21(26)24(3)20-11-7-9-17-8-5-6-10-19(17)20/h5-6,8,10,12-13,20H,7,9,11,14H2,1-4H3/b13-12+/t20-/m0/s1. The van der Waals surface area contributed by atoms with E-state index in [0.717, 1.165) is 36.2 Å². The highest BCUT2D eigenvalue weighted by Gasteiger charge is 2.26. The molecule has 148 valence electrons. The summed E-state index contributed by atoms with van der Waals surface area (Å²) in [5, 5.41) is 4.31. The molecule has 6 heteroatoms. The van der Waals surface area contributed by atoms with Crippen molar-refractivity contribution in [1.29, 1.82) is 0 Å². The monoisotopic (exact) mass is 381 g/mol. The zero-order valence-electron chi connectivity index (χ0n) is 16.9. The molecule has 0 radical (unpaired) electrons. The first kappa shape index (κ1) is 19.9. The van der Waals surface area contributed by atoms with Crippen LogP contribution >= 0.6 is 0 Å². The largest absolute Gasteiger partial charge is 0.452 e. The van der Waals surface area contributed by atoms with Gasteiger partial charge in [-0.05, 0) is 50.3 Å². The summed E-state index contributed by atoms with van der Waals surface area (Å²) in [6.07, 6.45) is 6.05. The molecule has 1 heterocycles. The molecule has 0 spiro atoms. The van der Waals surface area contributed by atoms with Crippen LogP contribution in [0.1, 0.15) is 47.0 Å². The molecule has 0 N–H and O–H groups in total. The summed E-state index contributed by atoms with van der Waals surface area (Å²) in [5.41, 5.74) is 5.18. The average Bonchev–Trinajstić information content (AvgIpc) is 2.94. The SMILES string of the molecule is Cc1nn(C)c(C)c1/C=C/C(=O)OCC(=O)N(C)[C@H]1CCCc2ccccc21. The van der Waals surface area contributed by atoms with Gasteiger partial charge in [0.2, 0.25) is 0 Å². The Morgan fingerprint density at radius 1 is 1.32 bits per heavy atom. The number of carbonyl (C=O) groups excluding carboxylic acids is 2. The summed E-state index contributed by atoms with van der Waals surface area (Å²) in [6, 6.07) is 8.27. The predicted octanol–water partition coefficient (Wildman–Crippen LogP) is 3.13. The Hall–Kier alpha value is -2.89. The zero-order chi connectivity index (χ0) is 20.3. The van der Waals surface area contributed by atoms with Crippen molar-refractivity contribution in [3.05, 3.63) is 58.4 Å². The number of likely N-dealkylation sites (N-methyl/N-ethyl adjacent to an activating group) is 1. The number of carbonyl (C=O) groups is 2. The molecule has 1 aliphatic carbocycles. The number of nitrogens with zero attached hydrogens (tertiary/aromatic N) is 3. The van der Waals surface area contributed by atoms with Gasteiger partial charge in [0.25, 0.3) is 5.91 Å². The van der Waals surface area contributed by atoms with Crippen molar-refractivity contribution in [1.82, 2.24) is 14.7 Å². The number of fused-ring (bicyclic) bond motifs is 1. The molecule has 1 amide bonds. The van der Waals surface area contributed by atoms with E-state index >= 15 is 0 Å². The van der Waals surface area contributed by atoms with Crippen LogP contribution in [0.15, 0.2) is 30.3 Å². The number of rotatable bonds is 5. The Labute approximate surface area is 165 Å². The average molecular weight is 381 g/mol. The lowest BCUT2D eigenvalue weighted by Gasteiger charge is -2.33. The molecule has 0 saturated heterocycles. The van der Waals surface area contributed by atoms with Gasteiger partial charge in [0.15, 0.2) is 6.61 Å². The Kier molecular flexibility index (Phi) is 5.97. The van der Waals surface area contributed by atoms with E-state index in [-0.39, 0.29) is 18.6 Å². The second-order valence-electron chi connectivity index (χ2n) is 7.26. The lowest BCUT2D eigenvalue weighted by atomic mass is 9.87. The number of aryl methyl sites for hydroxylation is 3. The minimum absolute atomic E-state index is 0.0346. The van der Waals surface area contributed by atoms with Crippen molar-refractivity contribution in [3.8, 4) is 0 Å². The van der Waals surface area contributed by atoms with Crippen LogP contribution < -0.4 is 0 Å². The summed E-state index contributed by atoms with van der Waals surface area (Å²) in [6.45, 7) is 3.56. The maximum Gasteiger partial charge on any atom is 0.331 e. The molecule has 28 heavy (non-hydrogen) atoms. The normalized spacial score (nSPS) is 16.1. The summed E-state index contributed by atoms with van der Waals surface area (Å²) in [5.74, 6) is -0.731. The second-order valence-corrected chi connectivity index (χ2v) is 7.26. The van der Waals surface area contributed by atoms with Crippen molar-refractivity contribution in [2.24, 2.45) is 7.05 Å². The molecule has 1 atom stereocenters. The molecule has 0 aliphatic heterocycles. The zero-order valence-corrected chi connectivity index (χ0v) is 16.9. The minimum Gasteiger partial charge on any atom is -0.452 e. The summed E-state index contributed by atoms with van der Waals surface area (Å²) in [7, 11) is 3.64. The van der Waals surface area contributed by atoms with Crippen LogP contribution in [0, 0.1) is 13.8 Å². The lowest BCUT2D eigenvalue weighted by Crippen LogP contribution is -2.36. The van der Waals surface area contributed by atoms with Gasteiger partial charge in [-0.1, -0.05) is 24.3 Å². The lowest BCUT2D eigenvalue weighted by molar-refractivity contribution is -0.148. The first-order valence-corrected chi connectivity index (χ1v) is 9.57. The number of amides is 1. The number of aromatic nitrogens is 2. The van der Waals surface area contributed by atoms with Gasteiger partial charge >= 0.3 is 5.97 Å². The summed E-state index contributed by atoms with van der Waals surface area (Å²) >= 11 is 0. The Morgan fingerprint density at radius 3 is 2.79 bits per heavy atom. The fourth-order valence-corrected chi connectivity index (χ4v) is 3.77. The molecule has 0 fully saturated rings. The fraction of sp³-hybridized carbons (Fsp3) is 0.409. The Balaban J connectivity index is 1.58. The van der Waals surface area contributed by atoms with Crippen molar-refractivity contribution < 1.29 is 14.3 Å². The van der Waals surface area contributed by atoms with Gasteiger partial charge < -0.3 is 9.64 Å². The van der Waals surface area contributed by atoms with Crippen LogP contribution in [0.25, 0.3) is 6.08 Å². The Morgan fingerprint density at radius 2 is 2.07 bits per heavy atom. The van der Waals surface area contributed by atoms with Gasteiger partial charge in [0.05, 0.1) is 11.7 Å². The van der Waals surface area contributed by atoms with Crippen molar-refractivity contribution in [2.75, 3.05) is 13.7 Å². The predicted molar refractivity (Wildman–Crippen MR) is 108 cm³/mol. The first-order chi connectivity index (χ1) is 13.4. The third-order valence-corrected chi connectivity index (χ3v) is 5.49. The van der Waals surface area contributed by atoms with Crippen LogP contribution in [-0.4, -0.2) is 40.2 Å². The molecule has 6 nitrogen and oxygen atoms in total. The molecular formula is C22H27N3O3. The fourth-order valence-electron chi connectivity index (χ4n) is 3.77. The summed E-state index contributed by atoms with van der Waals surface area (Å²) in [4.78, 5) is 26.3. The van der Waals surface area contributed by atoms with E-state index in [1.54, 1.807) is 22.7 Å². The van der Waals surface area contributed by atoms with Crippen molar-refractivity contribution in [2.45, 2.75) is 39.2 Å². The third-order valence-electron chi connectivity index (χ3n) is 5.49. The number of esters is 1. The Bertz CT molecular complexity index is 914. The molecule has 0 bridgehead atoms. The van der Waals surface area contributed by atoms with Crippen molar-refractivity contribution in [3.63, 3.8) is 0 Å². The molecule has 1 aromatic heterocycles. The maximum atomic E-state index is 12.6. The van der Waals surface area contributed by atoms with E-state index in [1.165, 1.54) is 17.2 Å². The van der Waals surface area contributed by atoms with Gasteiger partial charge in [-0.2, -0.15) is 5.10 Å². The van der Waals surface area contributed by atoms with Crippen LogP contribution in [0.3, 0.4) is 0 Å². The smallest absolute Gasteiger partial charge is 0.331 e. The van der Waals surface area contributed by atoms with Crippen LogP contribution in [0.2, 0.25) is 0 Å². The topological polar surface area (TPSA) is 64.4 Å². The first-order valence-electron chi connectivity index (χ1n) is 9.57.